The summed E-state index contributed by atoms with van der Waals surface area (Å²) >= 11 is 0. The van der Waals surface area contributed by atoms with Crippen LogP contribution in [0.25, 0.3) is 0 Å². The smallest absolute Gasteiger partial charge is 0.148 e. The maximum atomic E-state index is 13.1. The van der Waals surface area contributed by atoms with Crippen LogP contribution in [0.2, 0.25) is 0 Å². The molecule has 0 aliphatic heterocycles. The van der Waals surface area contributed by atoms with Crippen molar-refractivity contribution in [2.24, 2.45) is 5.92 Å². The molecule has 0 atom stereocenters. The lowest BCUT2D eigenvalue weighted by Crippen LogP contribution is -2.12. The summed E-state index contributed by atoms with van der Waals surface area (Å²) in [6.07, 6.45) is 1.06. The zero-order chi connectivity index (χ0) is 12.7. The average Bonchev–Trinajstić information content (AvgIpc) is 2.28. The van der Waals surface area contributed by atoms with Crippen LogP contribution in [-0.4, -0.2) is 19.8 Å². The second kappa shape index (κ2) is 7.12. The van der Waals surface area contributed by atoms with Gasteiger partial charge in [-0.2, -0.15) is 0 Å². The molecule has 0 aromatic heterocycles. The van der Waals surface area contributed by atoms with Crippen molar-refractivity contribution in [1.29, 1.82) is 0 Å². The van der Waals surface area contributed by atoms with Crippen molar-refractivity contribution in [3.63, 3.8) is 0 Å². The Labute approximate surface area is 102 Å². The van der Waals surface area contributed by atoms with Crippen molar-refractivity contribution in [2.75, 3.05) is 30.8 Å². The number of nitrogens with one attached hydrogen (secondary N) is 1. The zero-order valence-electron chi connectivity index (χ0n) is 10.5. The van der Waals surface area contributed by atoms with Crippen molar-refractivity contribution < 1.29 is 9.13 Å². The summed E-state index contributed by atoms with van der Waals surface area (Å²) in [5, 5.41) is 3.05. The van der Waals surface area contributed by atoms with Gasteiger partial charge in [0.25, 0.3) is 0 Å². The van der Waals surface area contributed by atoms with Crippen molar-refractivity contribution in [3.8, 4) is 0 Å². The molecule has 0 bridgehead atoms. The minimum absolute atomic E-state index is 0.162. The molecule has 0 aliphatic carbocycles. The molecule has 0 aliphatic rings. The fraction of sp³-hybridized carbons (Fsp3) is 0.538. The van der Waals surface area contributed by atoms with Crippen LogP contribution in [0.15, 0.2) is 18.2 Å². The SMILES string of the molecule is CC(C)CCOCCNc1cccc(F)c1N. The number of para-hydroxylation sites is 1. The van der Waals surface area contributed by atoms with Gasteiger partial charge in [0.05, 0.1) is 18.0 Å². The summed E-state index contributed by atoms with van der Waals surface area (Å²) in [7, 11) is 0. The van der Waals surface area contributed by atoms with Gasteiger partial charge >= 0.3 is 0 Å². The molecule has 17 heavy (non-hydrogen) atoms. The van der Waals surface area contributed by atoms with Crippen LogP contribution >= 0.6 is 0 Å². The first-order chi connectivity index (χ1) is 8.11. The van der Waals surface area contributed by atoms with Gasteiger partial charge in [0.15, 0.2) is 0 Å². The van der Waals surface area contributed by atoms with E-state index in [1.807, 2.05) is 0 Å². The van der Waals surface area contributed by atoms with Crippen molar-refractivity contribution in [2.45, 2.75) is 20.3 Å². The summed E-state index contributed by atoms with van der Waals surface area (Å²) in [4.78, 5) is 0. The Balaban J connectivity index is 2.20. The maximum absolute atomic E-state index is 13.1. The first-order valence-electron chi connectivity index (χ1n) is 5.97. The third kappa shape index (κ3) is 5.04. The Morgan fingerprint density at radius 2 is 2.12 bits per heavy atom. The molecule has 3 N–H and O–H groups in total. The monoisotopic (exact) mass is 240 g/mol. The van der Waals surface area contributed by atoms with Crippen LogP contribution in [0.5, 0.6) is 0 Å². The molecule has 96 valence electrons. The number of nitrogen functional groups attached to an aromatic ring is 1. The van der Waals surface area contributed by atoms with Crippen molar-refractivity contribution >= 4 is 11.4 Å². The van der Waals surface area contributed by atoms with Gasteiger partial charge in [-0.3, -0.25) is 0 Å². The van der Waals surface area contributed by atoms with E-state index in [2.05, 4.69) is 19.2 Å². The Bertz CT molecular complexity index is 342. The molecule has 0 heterocycles. The summed E-state index contributed by atoms with van der Waals surface area (Å²) in [5.41, 5.74) is 6.37. The van der Waals surface area contributed by atoms with E-state index in [4.69, 9.17) is 10.5 Å². The topological polar surface area (TPSA) is 47.3 Å². The molecule has 0 amide bonds. The summed E-state index contributed by atoms with van der Waals surface area (Å²) < 4.78 is 18.5. The second-order valence-electron chi connectivity index (χ2n) is 4.42. The third-order valence-electron chi connectivity index (χ3n) is 2.45. The number of hydrogen-bond acceptors (Lipinski definition) is 3. The first kappa shape index (κ1) is 13.8. The highest BCUT2D eigenvalue weighted by Gasteiger charge is 2.02. The van der Waals surface area contributed by atoms with Gasteiger partial charge in [-0.15, -0.1) is 0 Å². The first-order valence-corrected chi connectivity index (χ1v) is 5.97. The molecule has 1 aromatic carbocycles. The standard InChI is InChI=1S/C13H21FN2O/c1-10(2)6-8-17-9-7-16-12-5-3-4-11(14)13(12)15/h3-5,10,16H,6-9,15H2,1-2H3. The predicted octanol–water partition coefficient (Wildman–Crippen LogP) is 2.88. The Morgan fingerprint density at radius 1 is 1.35 bits per heavy atom. The lowest BCUT2D eigenvalue weighted by molar-refractivity contribution is 0.132. The lowest BCUT2D eigenvalue weighted by Gasteiger charge is -2.10. The number of anilines is 2. The molecule has 3 nitrogen and oxygen atoms in total. The molecule has 0 unspecified atom stereocenters. The fourth-order valence-corrected chi connectivity index (χ4v) is 1.37. The number of benzene rings is 1. The second-order valence-corrected chi connectivity index (χ2v) is 4.42. The van der Waals surface area contributed by atoms with E-state index in [1.165, 1.54) is 6.07 Å². The van der Waals surface area contributed by atoms with Gasteiger partial charge in [-0.25, -0.2) is 4.39 Å². The summed E-state index contributed by atoms with van der Waals surface area (Å²) in [5.74, 6) is 0.262. The van der Waals surface area contributed by atoms with E-state index in [1.54, 1.807) is 12.1 Å². The lowest BCUT2D eigenvalue weighted by atomic mass is 10.1. The Kier molecular flexibility index (Phi) is 5.77. The molecular formula is C13H21FN2O. The minimum Gasteiger partial charge on any atom is -0.395 e. The molecule has 4 heteroatoms. The summed E-state index contributed by atoms with van der Waals surface area (Å²) in [6, 6.07) is 4.74. The Hall–Kier alpha value is -1.29. The fourth-order valence-electron chi connectivity index (χ4n) is 1.37. The maximum Gasteiger partial charge on any atom is 0.148 e. The van der Waals surface area contributed by atoms with Gasteiger partial charge in [0, 0.05) is 13.2 Å². The van der Waals surface area contributed by atoms with Gasteiger partial charge < -0.3 is 15.8 Å². The van der Waals surface area contributed by atoms with E-state index in [0.29, 0.717) is 24.8 Å². The largest absolute Gasteiger partial charge is 0.395 e. The van der Waals surface area contributed by atoms with Gasteiger partial charge in [0.1, 0.15) is 5.82 Å². The van der Waals surface area contributed by atoms with Crippen molar-refractivity contribution in [1.82, 2.24) is 0 Å². The Morgan fingerprint density at radius 3 is 2.82 bits per heavy atom. The molecular weight excluding hydrogens is 219 g/mol. The van der Waals surface area contributed by atoms with Crippen LogP contribution in [0, 0.1) is 11.7 Å². The van der Waals surface area contributed by atoms with Crippen LogP contribution in [0.1, 0.15) is 20.3 Å². The molecule has 0 radical (unpaired) electrons. The molecule has 0 saturated heterocycles. The molecule has 0 saturated carbocycles. The van der Waals surface area contributed by atoms with E-state index < -0.39 is 5.82 Å². The summed E-state index contributed by atoms with van der Waals surface area (Å²) in [6.45, 7) is 6.32. The van der Waals surface area contributed by atoms with E-state index in [-0.39, 0.29) is 5.69 Å². The van der Waals surface area contributed by atoms with Crippen LogP contribution in [-0.2, 0) is 4.74 Å². The van der Waals surface area contributed by atoms with Gasteiger partial charge in [0.2, 0.25) is 0 Å². The molecule has 0 fully saturated rings. The van der Waals surface area contributed by atoms with E-state index in [9.17, 15) is 4.39 Å². The highest BCUT2D eigenvalue weighted by Crippen LogP contribution is 2.20. The number of ether oxygens (including phenoxy) is 1. The van der Waals surface area contributed by atoms with Crippen LogP contribution in [0.3, 0.4) is 0 Å². The molecule has 0 spiro atoms. The number of halogens is 1. The quantitative estimate of drug-likeness (QED) is 0.569. The minimum atomic E-state index is -0.393. The van der Waals surface area contributed by atoms with E-state index in [0.717, 1.165) is 13.0 Å². The van der Waals surface area contributed by atoms with Crippen LogP contribution in [0.4, 0.5) is 15.8 Å². The van der Waals surface area contributed by atoms with E-state index >= 15 is 0 Å². The molecule has 1 rings (SSSR count). The predicted molar refractivity (Wildman–Crippen MR) is 69.6 cm³/mol. The average molecular weight is 240 g/mol. The third-order valence-corrected chi connectivity index (χ3v) is 2.45. The van der Waals surface area contributed by atoms with Crippen molar-refractivity contribution in [3.05, 3.63) is 24.0 Å². The number of hydrogen-bond donors (Lipinski definition) is 2. The number of rotatable bonds is 7. The highest BCUT2D eigenvalue weighted by molar-refractivity contribution is 5.66. The highest BCUT2D eigenvalue weighted by atomic mass is 19.1. The zero-order valence-corrected chi connectivity index (χ0v) is 10.5. The number of nitrogens with two attached hydrogens (primary N) is 1. The van der Waals surface area contributed by atoms with Gasteiger partial charge in [-0.1, -0.05) is 19.9 Å². The van der Waals surface area contributed by atoms with Gasteiger partial charge in [-0.05, 0) is 24.5 Å². The molecule has 1 aromatic rings. The van der Waals surface area contributed by atoms with Crippen LogP contribution < -0.4 is 11.1 Å². The normalized spacial score (nSPS) is 10.8.